The van der Waals surface area contributed by atoms with Crippen LogP contribution in [0.5, 0.6) is 0 Å². The van der Waals surface area contributed by atoms with Crippen molar-refractivity contribution in [3.63, 3.8) is 0 Å². The van der Waals surface area contributed by atoms with Crippen LogP contribution in [0.4, 0.5) is 11.5 Å². The van der Waals surface area contributed by atoms with Gasteiger partial charge in [-0.25, -0.2) is 9.97 Å². The summed E-state index contributed by atoms with van der Waals surface area (Å²) in [6.07, 6.45) is 4.09. The monoisotopic (exact) mass is 276 g/mol. The molecule has 0 bridgehead atoms. The molecule has 0 spiro atoms. The van der Waals surface area contributed by atoms with E-state index in [1.807, 2.05) is 18.0 Å². The van der Waals surface area contributed by atoms with Crippen LogP contribution in [0.1, 0.15) is 10.5 Å². The van der Waals surface area contributed by atoms with Crippen LogP contribution >= 0.6 is 0 Å². The van der Waals surface area contributed by atoms with E-state index in [2.05, 4.69) is 15.3 Å². The summed E-state index contributed by atoms with van der Waals surface area (Å²) in [5.74, 6) is 0.475. The maximum Gasteiger partial charge on any atom is 0.277 e. The average molecular weight is 276 g/mol. The summed E-state index contributed by atoms with van der Waals surface area (Å²) >= 11 is 0. The van der Waals surface area contributed by atoms with Crippen molar-refractivity contribution in [1.29, 1.82) is 0 Å². The van der Waals surface area contributed by atoms with Crippen molar-refractivity contribution in [2.75, 3.05) is 37.5 Å². The van der Waals surface area contributed by atoms with E-state index in [-0.39, 0.29) is 11.6 Å². The lowest BCUT2D eigenvalue weighted by molar-refractivity contribution is 0.102. The van der Waals surface area contributed by atoms with Gasteiger partial charge in [0.2, 0.25) is 0 Å². The Morgan fingerprint density at radius 3 is 2.90 bits per heavy atom. The molecule has 0 saturated heterocycles. The summed E-state index contributed by atoms with van der Waals surface area (Å²) in [7, 11) is 3.58. The molecule has 0 radical (unpaired) electrons. The van der Waals surface area contributed by atoms with Gasteiger partial charge in [-0.1, -0.05) is 0 Å². The zero-order chi connectivity index (χ0) is 14.4. The number of hydrogen-bond acceptors (Lipinski definition) is 6. The van der Waals surface area contributed by atoms with Gasteiger partial charge in [-0.2, -0.15) is 0 Å². The molecule has 1 N–H and O–H groups in total. The van der Waals surface area contributed by atoms with Crippen molar-refractivity contribution in [1.82, 2.24) is 9.97 Å². The first-order valence-corrected chi connectivity index (χ1v) is 6.06. The number of nitrogens with one attached hydrogen (secondary N) is 1. The molecular formula is C13H16N4O3. The molecule has 0 aromatic carbocycles. The number of amides is 1. The maximum atomic E-state index is 11.7. The quantitative estimate of drug-likeness (QED) is 0.859. The molecule has 0 aliphatic rings. The first-order chi connectivity index (χ1) is 9.70. The Morgan fingerprint density at radius 1 is 1.45 bits per heavy atom. The van der Waals surface area contributed by atoms with E-state index in [0.29, 0.717) is 12.3 Å². The van der Waals surface area contributed by atoms with Gasteiger partial charge in [0.15, 0.2) is 12.1 Å². The fraction of sp³-hybridized carbons (Fsp3) is 0.308. The third kappa shape index (κ3) is 3.55. The molecule has 20 heavy (non-hydrogen) atoms. The van der Waals surface area contributed by atoms with Crippen LogP contribution in [0.3, 0.4) is 0 Å². The highest BCUT2D eigenvalue weighted by Crippen LogP contribution is 2.13. The summed E-state index contributed by atoms with van der Waals surface area (Å²) in [5, 5.41) is 2.69. The molecule has 0 fully saturated rings. The number of ether oxygens (including phenoxy) is 1. The largest absolute Gasteiger partial charge is 0.451 e. The zero-order valence-electron chi connectivity index (χ0n) is 11.4. The molecule has 0 saturated carbocycles. The Balaban J connectivity index is 1.96. The van der Waals surface area contributed by atoms with E-state index in [0.717, 1.165) is 12.4 Å². The Labute approximate surface area is 116 Å². The third-order valence-electron chi connectivity index (χ3n) is 2.69. The van der Waals surface area contributed by atoms with Crippen LogP contribution in [0.2, 0.25) is 0 Å². The van der Waals surface area contributed by atoms with E-state index in [9.17, 15) is 4.79 Å². The average Bonchev–Trinajstić information content (AvgIpc) is 3.00. The predicted octanol–water partition coefficient (Wildman–Crippen LogP) is 1.40. The highest BCUT2D eigenvalue weighted by atomic mass is 16.5. The number of aromatic nitrogens is 2. The van der Waals surface area contributed by atoms with Crippen LogP contribution < -0.4 is 10.2 Å². The molecule has 0 unspecified atom stereocenters. The predicted molar refractivity (Wildman–Crippen MR) is 73.8 cm³/mol. The van der Waals surface area contributed by atoms with E-state index >= 15 is 0 Å². The number of anilines is 2. The van der Waals surface area contributed by atoms with E-state index < -0.39 is 0 Å². The lowest BCUT2D eigenvalue weighted by Gasteiger charge is -2.17. The molecule has 0 aliphatic carbocycles. The Bertz CT molecular complexity index is 539. The van der Waals surface area contributed by atoms with Gasteiger partial charge in [-0.05, 0) is 12.1 Å². The highest BCUT2D eigenvalue weighted by Gasteiger charge is 2.09. The summed E-state index contributed by atoms with van der Waals surface area (Å²) < 4.78 is 9.76. The van der Waals surface area contributed by atoms with Crippen LogP contribution in [0, 0.1) is 0 Å². The molecule has 2 aromatic heterocycles. The second kappa shape index (κ2) is 6.67. The Morgan fingerprint density at radius 2 is 2.30 bits per heavy atom. The lowest BCUT2D eigenvalue weighted by atomic mass is 10.3. The van der Waals surface area contributed by atoms with Gasteiger partial charge in [0, 0.05) is 20.7 Å². The number of oxazole rings is 1. The second-order valence-electron chi connectivity index (χ2n) is 4.15. The molecule has 2 aromatic rings. The van der Waals surface area contributed by atoms with Crippen molar-refractivity contribution in [3.05, 3.63) is 36.7 Å². The summed E-state index contributed by atoms with van der Waals surface area (Å²) in [4.78, 5) is 21.8. The van der Waals surface area contributed by atoms with Crippen molar-refractivity contribution < 1.29 is 13.9 Å². The van der Waals surface area contributed by atoms with Gasteiger partial charge in [0.05, 0.1) is 18.5 Å². The van der Waals surface area contributed by atoms with Gasteiger partial charge in [0.25, 0.3) is 5.91 Å². The van der Waals surface area contributed by atoms with Crippen molar-refractivity contribution in [2.45, 2.75) is 0 Å². The number of nitrogens with zero attached hydrogens (tertiary/aromatic N) is 3. The third-order valence-corrected chi connectivity index (χ3v) is 2.69. The van der Waals surface area contributed by atoms with E-state index in [1.54, 1.807) is 19.4 Å². The number of methoxy groups -OCH3 is 1. The molecule has 7 heteroatoms. The minimum atomic E-state index is -0.332. The fourth-order valence-corrected chi connectivity index (χ4v) is 1.55. The summed E-state index contributed by atoms with van der Waals surface area (Å²) in [5.41, 5.74) is 0.827. The van der Waals surface area contributed by atoms with Gasteiger partial charge < -0.3 is 19.4 Å². The summed E-state index contributed by atoms with van der Waals surface area (Å²) in [6.45, 7) is 1.37. The number of pyridine rings is 1. The number of hydrogen-bond donors (Lipinski definition) is 1. The van der Waals surface area contributed by atoms with Gasteiger partial charge in [-0.3, -0.25) is 4.79 Å². The Kier molecular flexibility index (Phi) is 4.67. The molecule has 1 amide bonds. The minimum absolute atomic E-state index is 0.228. The molecule has 0 atom stereocenters. The number of rotatable bonds is 6. The van der Waals surface area contributed by atoms with Crippen LogP contribution in [-0.4, -0.2) is 43.2 Å². The number of likely N-dealkylation sites (N-methyl/N-ethyl adjacent to an activating group) is 1. The lowest BCUT2D eigenvalue weighted by Crippen LogP contribution is -2.23. The standard InChI is InChI=1S/C13H16N4O3/c1-17(5-6-19-2)12-4-3-10(7-14-12)16-13(18)11-8-20-9-15-11/h3-4,7-9H,5-6H2,1-2H3,(H,16,18). The smallest absolute Gasteiger partial charge is 0.277 e. The van der Waals surface area contributed by atoms with E-state index in [4.69, 9.17) is 9.15 Å². The van der Waals surface area contributed by atoms with Gasteiger partial charge in [0.1, 0.15) is 12.1 Å². The first-order valence-electron chi connectivity index (χ1n) is 6.06. The van der Waals surface area contributed by atoms with E-state index in [1.165, 1.54) is 12.7 Å². The molecular weight excluding hydrogens is 260 g/mol. The number of carbonyl (C=O) groups is 1. The highest BCUT2D eigenvalue weighted by molar-refractivity contribution is 6.02. The molecule has 7 nitrogen and oxygen atoms in total. The zero-order valence-corrected chi connectivity index (χ0v) is 11.4. The second-order valence-corrected chi connectivity index (χ2v) is 4.15. The SMILES string of the molecule is COCCN(C)c1ccc(NC(=O)c2cocn2)cn1. The minimum Gasteiger partial charge on any atom is -0.451 e. The van der Waals surface area contributed by atoms with Crippen molar-refractivity contribution in [2.24, 2.45) is 0 Å². The van der Waals surface area contributed by atoms with Crippen molar-refractivity contribution >= 4 is 17.4 Å². The molecule has 0 aliphatic heterocycles. The van der Waals surface area contributed by atoms with Crippen LogP contribution in [-0.2, 0) is 4.74 Å². The molecule has 2 heterocycles. The Hall–Kier alpha value is -2.41. The number of carbonyl (C=O) groups excluding carboxylic acids is 1. The fourth-order valence-electron chi connectivity index (χ4n) is 1.55. The van der Waals surface area contributed by atoms with Crippen LogP contribution in [0.25, 0.3) is 0 Å². The van der Waals surface area contributed by atoms with Gasteiger partial charge >= 0.3 is 0 Å². The normalized spacial score (nSPS) is 10.3. The molecule has 106 valence electrons. The first kappa shape index (κ1) is 14.0. The van der Waals surface area contributed by atoms with Gasteiger partial charge in [-0.15, -0.1) is 0 Å². The van der Waals surface area contributed by atoms with Crippen molar-refractivity contribution in [3.8, 4) is 0 Å². The molecule has 2 rings (SSSR count). The topological polar surface area (TPSA) is 80.5 Å². The maximum absolute atomic E-state index is 11.7. The summed E-state index contributed by atoms with van der Waals surface area (Å²) in [6, 6.07) is 3.61. The van der Waals surface area contributed by atoms with Crippen LogP contribution in [0.15, 0.2) is 35.4 Å².